The Bertz CT molecular complexity index is 3530. The molecule has 60 heavy (non-hydrogen) atoms. The normalized spacial score (nSPS) is 11.7. The lowest BCUT2D eigenvalue weighted by Gasteiger charge is -2.28. The molecule has 0 bridgehead atoms. The summed E-state index contributed by atoms with van der Waals surface area (Å²) in [5.41, 5.74) is 15.3. The van der Waals surface area contributed by atoms with E-state index in [1.807, 2.05) is 42.5 Å². The molecule has 282 valence electrons. The van der Waals surface area contributed by atoms with E-state index >= 15 is 0 Å². The molecule has 3 aromatic heterocycles. The highest BCUT2D eigenvalue weighted by molar-refractivity contribution is 6.17. The second-order valence-corrected chi connectivity index (χ2v) is 15.1. The van der Waals surface area contributed by atoms with Crippen molar-refractivity contribution >= 4 is 71.9 Å². The summed E-state index contributed by atoms with van der Waals surface area (Å²) in [6, 6.07) is 74.7. The van der Waals surface area contributed by atoms with Crippen LogP contribution in [0, 0.1) is 0 Å². The van der Waals surface area contributed by atoms with Crippen LogP contribution in [0.4, 0.5) is 17.1 Å². The number of benzene rings is 9. The number of rotatable bonds is 7. The van der Waals surface area contributed by atoms with Crippen molar-refractivity contribution < 1.29 is 8.83 Å². The van der Waals surface area contributed by atoms with Crippen LogP contribution in [-0.4, -0.2) is 9.55 Å². The molecule has 0 aliphatic carbocycles. The van der Waals surface area contributed by atoms with Crippen LogP contribution in [0.2, 0.25) is 0 Å². The molecule has 5 nitrogen and oxygen atoms in total. The van der Waals surface area contributed by atoms with Gasteiger partial charge in [-0.1, -0.05) is 121 Å². The molecule has 0 unspecified atom stereocenters. The van der Waals surface area contributed by atoms with Crippen LogP contribution in [0.25, 0.3) is 94.2 Å². The third-order valence-corrected chi connectivity index (χ3v) is 11.6. The fraction of sp³-hybridized carbons (Fsp3) is 0. The lowest BCUT2D eigenvalue weighted by Crippen LogP contribution is -2.11. The van der Waals surface area contributed by atoms with E-state index in [0.29, 0.717) is 5.89 Å². The first kappa shape index (κ1) is 33.9. The number of aromatic nitrogens is 2. The topological polar surface area (TPSA) is 47.3 Å². The number of para-hydroxylation sites is 3. The van der Waals surface area contributed by atoms with Gasteiger partial charge >= 0.3 is 0 Å². The van der Waals surface area contributed by atoms with Gasteiger partial charge in [0.15, 0.2) is 5.58 Å². The largest absolute Gasteiger partial charge is 0.456 e. The van der Waals surface area contributed by atoms with Crippen LogP contribution >= 0.6 is 0 Å². The van der Waals surface area contributed by atoms with E-state index in [0.717, 1.165) is 83.6 Å². The van der Waals surface area contributed by atoms with Gasteiger partial charge in [0, 0.05) is 44.3 Å². The predicted molar refractivity (Wildman–Crippen MR) is 247 cm³/mol. The van der Waals surface area contributed by atoms with Crippen LogP contribution in [0.1, 0.15) is 0 Å². The third-order valence-electron chi connectivity index (χ3n) is 11.6. The maximum Gasteiger partial charge on any atom is 0.227 e. The molecule has 3 heterocycles. The van der Waals surface area contributed by atoms with Crippen molar-refractivity contribution in [2.75, 3.05) is 4.90 Å². The number of anilines is 3. The van der Waals surface area contributed by atoms with Crippen molar-refractivity contribution in [3.8, 4) is 39.4 Å². The Hall–Kier alpha value is -8.15. The number of hydrogen-bond acceptors (Lipinski definition) is 4. The van der Waals surface area contributed by atoms with Gasteiger partial charge in [-0.3, -0.25) is 0 Å². The maximum atomic E-state index is 6.47. The van der Waals surface area contributed by atoms with Gasteiger partial charge in [-0.05, 0) is 108 Å². The minimum atomic E-state index is 0.600. The predicted octanol–water partition coefficient (Wildman–Crippen LogP) is 15.3. The zero-order chi connectivity index (χ0) is 39.6. The highest BCUT2D eigenvalue weighted by Crippen LogP contribution is 2.44. The van der Waals surface area contributed by atoms with Crippen molar-refractivity contribution in [1.82, 2.24) is 9.55 Å². The second kappa shape index (κ2) is 13.8. The van der Waals surface area contributed by atoms with Crippen LogP contribution in [-0.2, 0) is 0 Å². The minimum Gasteiger partial charge on any atom is -0.456 e. The molecule has 0 aliphatic rings. The van der Waals surface area contributed by atoms with Gasteiger partial charge in [0.1, 0.15) is 16.7 Å². The number of fused-ring (bicyclic) bond motifs is 8. The molecular formula is C55H35N3O2. The molecule has 0 aliphatic heterocycles. The van der Waals surface area contributed by atoms with E-state index in [2.05, 4.69) is 179 Å². The highest BCUT2D eigenvalue weighted by Gasteiger charge is 2.21. The fourth-order valence-electron chi connectivity index (χ4n) is 8.85. The average Bonchev–Trinajstić information content (AvgIpc) is 4.02. The summed E-state index contributed by atoms with van der Waals surface area (Å²) in [4.78, 5) is 7.19. The van der Waals surface area contributed by atoms with E-state index in [1.165, 1.54) is 21.8 Å². The van der Waals surface area contributed by atoms with Crippen molar-refractivity contribution in [1.29, 1.82) is 0 Å². The van der Waals surface area contributed by atoms with E-state index in [1.54, 1.807) is 0 Å². The number of oxazole rings is 1. The standard InChI is InChI=1S/C55H35N3O2/c1-4-14-37(15-5-1)43-20-10-12-22-48(43)57(42-29-32-50-46(35-42)44-21-11-13-23-49(44)58(50)40-18-8-3-9-19-40)41-27-24-36(25-28-41)39-26-30-45-52(34-39)59-51-33-31-47-54(53(45)51)60-55(56-47)38-16-6-2-7-17-38/h1-35H. The Morgan fingerprint density at radius 3 is 1.90 bits per heavy atom. The molecule has 0 spiro atoms. The van der Waals surface area contributed by atoms with Crippen LogP contribution in [0.5, 0.6) is 0 Å². The first-order valence-electron chi connectivity index (χ1n) is 20.2. The first-order chi connectivity index (χ1) is 29.7. The quantitative estimate of drug-likeness (QED) is 0.162. The summed E-state index contributed by atoms with van der Waals surface area (Å²) in [6.45, 7) is 0. The van der Waals surface area contributed by atoms with Gasteiger partial charge in [0.05, 0.1) is 22.1 Å². The Morgan fingerprint density at radius 2 is 1.08 bits per heavy atom. The van der Waals surface area contributed by atoms with Crippen molar-refractivity contribution in [3.63, 3.8) is 0 Å². The monoisotopic (exact) mass is 769 g/mol. The number of furan rings is 1. The third kappa shape index (κ3) is 5.52. The summed E-state index contributed by atoms with van der Waals surface area (Å²) >= 11 is 0. The van der Waals surface area contributed by atoms with E-state index < -0.39 is 0 Å². The molecule has 0 N–H and O–H groups in total. The molecule has 5 heteroatoms. The Morgan fingerprint density at radius 1 is 0.417 bits per heavy atom. The lowest BCUT2D eigenvalue weighted by molar-refractivity contribution is 0.622. The first-order valence-corrected chi connectivity index (χ1v) is 20.2. The molecule has 0 saturated heterocycles. The fourth-order valence-corrected chi connectivity index (χ4v) is 8.85. The van der Waals surface area contributed by atoms with Crippen LogP contribution in [0.3, 0.4) is 0 Å². The molecule has 12 rings (SSSR count). The molecule has 12 aromatic rings. The molecule has 0 amide bonds. The lowest BCUT2D eigenvalue weighted by atomic mass is 10.0. The summed E-state index contributed by atoms with van der Waals surface area (Å²) in [5.74, 6) is 0.600. The Balaban J connectivity index is 0.979. The maximum absolute atomic E-state index is 6.47. The summed E-state index contributed by atoms with van der Waals surface area (Å²) in [5, 5.41) is 4.35. The molecular weight excluding hydrogens is 735 g/mol. The van der Waals surface area contributed by atoms with E-state index in [4.69, 9.17) is 13.8 Å². The van der Waals surface area contributed by atoms with Crippen molar-refractivity contribution in [2.45, 2.75) is 0 Å². The molecule has 0 saturated carbocycles. The zero-order valence-corrected chi connectivity index (χ0v) is 32.4. The van der Waals surface area contributed by atoms with E-state index in [9.17, 15) is 0 Å². The highest BCUT2D eigenvalue weighted by atomic mass is 16.4. The van der Waals surface area contributed by atoms with Gasteiger partial charge in [-0.2, -0.15) is 0 Å². The Kier molecular flexibility index (Phi) is 7.78. The van der Waals surface area contributed by atoms with Gasteiger partial charge < -0.3 is 18.3 Å². The minimum absolute atomic E-state index is 0.600. The van der Waals surface area contributed by atoms with Gasteiger partial charge in [0.25, 0.3) is 0 Å². The Labute approximate surface area is 345 Å². The molecule has 0 radical (unpaired) electrons. The SMILES string of the molecule is c1ccc(-c2nc3ccc4oc5cc(-c6ccc(N(c7ccc8c(c7)c7ccccc7n8-c7ccccc7)c7ccccc7-c7ccccc7)cc6)ccc5c4c3o2)cc1. The second-order valence-electron chi connectivity index (χ2n) is 15.1. The van der Waals surface area contributed by atoms with Crippen LogP contribution in [0.15, 0.2) is 221 Å². The molecule has 9 aromatic carbocycles. The van der Waals surface area contributed by atoms with Crippen molar-refractivity contribution in [3.05, 3.63) is 212 Å². The van der Waals surface area contributed by atoms with Gasteiger partial charge in [0.2, 0.25) is 5.89 Å². The molecule has 0 atom stereocenters. The van der Waals surface area contributed by atoms with Gasteiger partial charge in [-0.25, -0.2) is 4.98 Å². The molecule has 0 fully saturated rings. The van der Waals surface area contributed by atoms with Gasteiger partial charge in [-0.15, -0.1) is 0 Å². The average molecular weight is 770 g/mol. The zero-order valence-electron chi connectivity index (χ0n) is 32.4. The summed E-state index contributed by atoms with van der Waals surface area (Å²) in [7, 11) is 0. The van der Waals surface area contributed by atoms with Crippen molar-refractivity contribution in [2.24, 2.45) is 0 Å². The number of nitrogens with zero attached hydrogens (tertiary/aromatic N) is 3. The summed E-state index contributed by atoms with van der Waals surface area (Å²) < 4.78 is 15.2. The summed E-state index contributed by atoms with van der Waals surface area (Å²) in [6.07, 6.45) is 0. The van der Waals surface area contributed by atoms with Crippen LogP contribution < -0.4 is 4.90 Å². The smallest absolute Gasteiger partial charge is 0.227 e. The van der Waals surface area contributed by atoms with E-state index in [-0.39, 0.29) is 0 Å². The number of hydrogen-bond donors (Lipinski definition) is 0.